The number of ketones is 1. The largest absolute Gasteiger partial charge is 0.480 e. The zero-order valence-corrected chi connectivity index (χ0v) is 13.7. The standard InChI is InChI=1S/C19H21NO3/c1-11(18(22)23)20-16-13-7-5-4-6-12(13)15-10-19(2,3)9-8-14(15)17(16)21/h4-7,11H,8-10H2,1-3H3,(H,22,23)/b20-16-/t11-/m1/s1. The summed E-state index contributed by atoms with van der Waals surface area (Å²) in [6.45, 7) is 5.94. The second kappa shape index (κ2) is 5.44. The highest BCUT2D eigenvalue weighted by molar-refractivity contribution is 6.54. The molecule has 3 rings (SSSR count). The molecule has 0 heterocycles. The Labute approximate surface area is 135 Å². The van der Waals surface area contributed by atoms with Crippen molar-refractivity contribution in [3.05, 3.63) is 41.0 Å². The van der Waals surface area contributed by atoms with Crippen LogP contribution in [0, 0.1) is 5.41 Å². The average molecular weight is 311 g/mol. The van der Waals surface area contributed by atoms with Gasteiger partial charge in [0.1, 0.15) is 11.8 Å². The Morgan fingerprint density at radius 3 is 2.52 bits per heavy atom. The molecule has 0 fully saturated rings. The van der Waals surface area contributed by atoms with Crippen LogP contribution in [-0.2, 0) is 9.59 Å². The molecule has 0 aromatic heterocycles. The van der Waals surface area contributed by atoms with Crippen molar-refractivity contribution in [2.75, 3.05) is 0 Å². The Kier molecular flexibility index (Phi) is 3.71. The number of aliphatic imine (C=N–C) groups is 1. The quantitative estimate of drug-likeness (QED) is 0.909. The van der Waals surface area contributed by atoms with Crippen LogP contribution in [-0.4, -0.2) is 28.6 Å². The summed E-state index contributed by atoms with van der Waals surface area (Å²) in [5.41, 5.74) is 4.21. The number of carbonyl (C=O) groups is 2. The van der Waals surface area contributed by atoms with Gasteiger partial charge in [-0.2, -0.15) is 0 Å². The number of carboxylic acid groups (broad SMARTS) is 1. The Bertz CT molecular complexity index is 756. The Hall–Kier alpha value is -2.23. The van der Waals surface area contributed by atoms with Crippen molar-refractivity contribution >= 4 is 23.0 Å². The summed E-state index contributed by atoms with van der Waals surface area (Å²) < 4.78 is 0. The molecule has 1 atom stereocenters. The monoisotopic (exact) mass is 311 g/mol. The number of hydrogen-bond acceptors (Lipinski definition) is 3. The fourth-order valence-electron chi connectivity index (χ4n) is 3.39. The van der Waals surface area contributed by atoms with Gasteiger partial charge >= 0.3 is 5.97 Å². The lowest BCUT2D eigenvalue weighted by atomic mass is 9.68. The van der Waals surface area contributed by atoms with Gasteiger partial charge in [-0.15, -0.1) is 0 Å². The highest BCUT2D eigenvalue weighted by Gasteiger charge is 2.37. The number of aliphatic carboxylic acids is 1. The molecule has 0 unspecified atom stereocenters. The average Bonchev–Trinajstić information content (AvgIpc) is 2.50. The van der Waals surface area contributed by atoms with E-state index in [4.69, 9.17) is 5.11 Å². The zero-order chi connectivity index (χ0) is 16.8. The van der Waals surface area contributed by atoms with Crippen LogP contribution in [0.5, 0.6) is 0 Å². The number of Topliss-reactive ketones (excluding diaryl/α,β-unsaturated/α-hetero) is 1. The van der Waals surface area contributed by atoms with E-state index in [-0.39, 0.29) is 11.2 Å². The van der Waals surface area contributed by atoms with E-state index in [9.17, 15) is 9.59 Å². The zero-order valence-electron chi connectivity index (χ0n) is 13.7. The smallest absolute Gasteiger partial charge is 0.328 e. The van der Waals surface area contributed by atoms with Crippen LogP contribution < -0.4 is 0 Å². The second-order valence-corrected chi connectivity index (χ2v) is 7.16. The van der Waals surface area contributed by atoms with Crippen LogP contribution in [0.2, 0.25) is 0 Å². The molecule has 2 aliphatic carbocycles. The molecule has 4 nitrogen and oxygen atoms in total. The third-order valence-corrected chi connectivity index (χ3v) is 4.75. The van der Waals surface area contributed by atoms with Crippen LogP contribution in [0.3, 0.4) is 0 Å². The van der Waals surface area contributed by atoms with Gasteiger partial charge in [-0.05, 0) is 42.7 Å². The van der Waals surface area contributed by atoms with Gasteiger partial charge in [-0.25, -0.2) is 4.79 Å². The van der Waals surface area contributed by atoms with Gasteiger partial charge in [0.25, 0.3) is 0 Å². The van der Waals surface area contributed by atoms with Gasteiger partial charge in [0.15, 0.2) is 0 Å². The van der Waals surface area contributed by atoms with E-state index < -0.39 is 12.0 Å². The van der Waals surface area contributed by atoms with Gasteiger partial charge in [-0.1, -0.05) is 38.1 Å². The summed E-state index contributed by atoms with van der Waals surface area (Å²) >= 11 is 0. The van der Waals surface area contributed by atoms with Crippen molar-refractivity contribution in [2.24, 2.45) is 10.4 Å². The Balaban J connectivity index is 2.17. The Morgan fingerprint density at radius 1 is 1.22 bits per heavy atom. The predicted molar refractivity (Wildman–Crippen MR) is 89.6 cm³/mol. The maximum absolute atomic E-state index is 12.9. The lowest BCUT2D eigenvalue weighted by Gasteiger charge is -2.36. The molecular formula is C19H21NO3. The van der Waals surface area contributed by atoms with Crippen molar-refractivity contribution in [3.8, 4) is 0 Å². The third kappa shape index (κ3) is 2.74. The van der Waals surface area contributed by atoms with Crippen LogP contribution >= 0.6 is 0 Å². The molecule has 4 heteroatoms. The van der Waals surface area contributed by atoms with Crippen molar-refractivity contribution in [1.82, 2.24) is 0 Å². The summed E-state index contributed by atoms with van der Waals surface area (Å²) in [5, 5.41) is 9.12. The maximum Gasteiger partial charge on any atom is 0.328 e. The van der Waals surface area contributed by atoms with E-state index in [0.29, 0.717) is 5.71 Å². The number of carboxylic acids is 1. The molecule has 23 heavy (non-hydrogen) atoms. The fraction of sp³-hybridized carbons (Fsp3) is 0.421. The van der Waals surface area contributed by atoms with Crippen molar-refractivity contribution < 1.29 is 14.7 Å². The first-order valence-corrected chi connectivity index (χ1v) is 7.97. The van der Waals surface area contributed by atoms with Gasteiger partial charge in [-0.3, -0.25) is 9.79 Å². The number of hydrogen-bond donors (Lipinski definition) is 1. The molecule has 120 valence electrons. The number of benzene rings is 1. The SMILES string of the molecule is C[C@@H](/N=C1\C(=O)C2=C(CC(C)(C)CC2)c2ccccc21)C(=O)O. The van der Waals surface area contributed by atoms with E-state index in [2.05, 4.69) is 18.8 Å². The van der Waals surface area contributed by atoms with Gasteiger partial charge in [0.2, 0.25) is 5.78 Å². The normalized spacial score (nSPS) is 22.6. The molecular weight excluding hydrogens is 290 g/mol. The first-order valence-electron chi connectivity index (χ1n) is 7.97. The van der Waals surface area contributed by atoms with Crippen molar-refractivity contribution in [3.63, 3.8) is 0 Å². The number of nitrogens with zero attached hydrogens (tertiary/aromatic N) is 1. The molecule has 1 aromatic rings. The highest BCUT2D eigenvalue weighted by Crippen LogP contribution is 2.46. The van der Waals surface area contributed by atoms with Crippen LogP contribution in [0.25, 0.3) is 5.57 Å². The molecule has 0 aliphatic heterocycles. The lowest BCUT2D eigenvalue weighted by Crippen LogP contribution is -2.31. The first kappa shape index (κ1) is 15.7. The topological polar surface area (TPSA) is 66.7 Å². The minimum Gasteiger partial charge on any atom is -0.480 e. The number of rotatable bonds is 2. The summed E-state index contributed by atoms with van der Waals surface area (Å²) in [6.07, 6.45) is 2.56. The number of allylic oxidation sites excluding steroid dienone is 2. The molecule has 1 N–H and O–H groups in total. The van der Waals surface area contributed by atoms with E-state index in [1.165, 1.54) is 6.92 Å². The van der Waals surface area contributed by atoms with E-state index in [0.717, 1.165) is 41.5 Å². The molecule has 0 saturated heterocycles. The van der Waals surface area contributed by atoms with Gasteiger partial charge in [0.05, 0.1) is 0 Å². The van der Waals surface area contributed by atoms with Crippen LogP contribution in [0.15, 0.2) is 34.8 Å². The summed E-state index contributed by atoms with van der Waals surface area (Å²) in [4.78, 5) is 28.3. The van der Waals surface area contributed by atoms with E-state index in [1.807, 2.05) is 24.3 Å². The van der Waals surface area contributed by atoms with E-state index >= 15 is 0 Å². The van der Waals surface area contributed by atoms with Gasteiger partial charge < -0.3 is 5.11 Å². The van der Waals surface area contributed by atoms with Gasteiger partial charge in [0, 0.05) is 11.1 Å². The minimum absolute atomic E-state index is 0.0951. The van der Waals surface area contributed by atoms with Crippen molar-refractivity contribution in [1.29, 1.82) is 0 Å². The molecule has 0 bridgehead atoms. The predicted octanol–water partition coefficient (Wildman–Crippen LogP) is 3.50. The Morgan fingerprint density at radius 2 is 1.87 bits per heavy atom. The molecule has 1 aromatic carbocycles. The summed E-state index contributed by atoms with van der Waals surface area (Å²) in [7, 11) is 0. The van der Waals surface area contributed by atoms with Crippen LogP contribution in [0.4, 0.5) is 0 Å². The highest BCUT2D eigenvalue weighted by atomic mass is 16.4. The molecule has 0 radical (unpaired) electrons. The molecule has 0 saturated carbocycles. The summed E-state index contributed by atoms with van der Waals surface area (Å²) in [6, 6.07) is 6.78. The third-order valence-electron chi connectivity index (χ3n) is 4.75. The lowest BCUT2D eigenvalue weighted by molar-refractivity contribution is -0.137. The number of fused-ring (bicyclic) bond motifs is 2. The first-order chi connectivity index (χ1) is 10.8. The second-order valence-electron chi connectivity index (χ2n) is 7.16. The van der Waals surface area contributed by atoms with Crippen molar-refractivity contribution in [2.45, 2.75) is 46.1 Å². The fourth-order valence-corrected chi connectivity index (χ4v) is 3.39. The molecule has 0 amide bonds. The van der Waals surface area contributed by atoms with Crippen LogP contribution in [0.1, 0.15) is 51.2 Å². The minimum atomic E-state index is -1.02. The molecule has 0 spiro atoms. The maximum atomic E-state index is 12.9. The summed E-state index contributed by atoms with van der Waals surface area (Å²) in [5.74, 6) is -1.12. The van der Waals surface area contributed by atoms with E-state index in [1.54, 1.807) is 0 Å². The molecule has 2 aliphatic rings. The number of carbonyl (C=O) groups excluding carboxylic acids is 1.